The lowest BCUT2D eigenvalue weighted by Crippen LogP contribution is -2.51. The highest BCUT2D eigenvalue weighted by atomic mass is 32.3. The first kappa shape index (κ1) is 29.7. The first-order chi connectivity index (χ1) is 19.4. The maximum absolute atomic E-state index is 13.1. The van der Waals surface area contributed by atoms with Crippen molar-refractivity contribution >= 4 is 26.1 Å². The van der Waals surface area contributed by atoms with E-state index in [0.717, 1.165) is 19.3 Å². The number of benzene rings is 3. The molecule has 0 aliphatic heterocycles. The van der Waals surface area contributed by atoms with Gasteiger partial charge >= 0.3 is 21.3 Å². The quantitative estimate of drug-likeness (QED) is 0.220. The van der Waals surface area contributed by atoms with Crippen molar-refractivity contribution in [3.63, 3.8) is 0 Å². The lowest BCUT2D eigenvalue weighted by atomic mass is 9.49. The number of halogens is 2. The Bertz CT molecular complexity index is 1320. The second kappa shape index (κ2) is 11.5. The summed E-state index contributed by atoms with van der Waals surface area (Å²) < 4.78 is 60.4. The molecule has 3 aromatic rings. The number of hydrogen-bond donors (Lipinski definition) is 1. The fourth-order valence-electron chi connectivity index (χ4n) is 7.22. The minimum Gasteiger partial charge on any atom is -0.458 e. The molecule has 0 saturated heterocycles. The number of rotatable bonds is 7. The van der Waals surface area contributed by atoms with Crippen LogP contribution in [0.25, 0.3) is 0 Å². The summed E-state index contributed by atoms with van der Waals surface area (Å²) in [6, 6.07) is 32.5. The summed E-state index contributed by atoms with van der Waals surface area (Å²) in [6.07, 6.45) is 7.60. The maximum Gasteiger partial charge on any atom is 0.402 e. The Labute approximate surface area is 242 Å². The molecule has 7 rings (SSSR count). The summed E-state index contributed by atoms with van der Waals surface area (Å²) in [5.74, 6) is 0.618. The summed E-state index contributed by atoms with van der Waals surface area (Å²) >= 11 is 0. The van der Waals surface area contributed by atoms with Crippen LogP contribution in [-0.4, -0.2) is 37.1 Å². The van der Waals surface area contributed by atoms with Gasteiger partial charge in [0.2, 0.25) is 0 Å². The van der Waals surface area contributed by atoms with Gasteiger partial charge in [-0.2, -0.15) is 27.2 Å². The highest BCUT2D eigenvalue weighted by Gasteiger charge is 2.56. The van der Waals surface area contributed by atoms with Gasteiger partial charge in [-0.25, -0.2) is 0 Å². The monoisotopic (exact) mass is 602 g/mol. The third-order valence-corrected chi connectivity index (χ3v) is 13.4. The van der Waals surface area contributed by atoms with Crippen molar-refractivity contribution in [3.05, 3.63) is 91.0 Å². The van der Waals surface area contributed by atoms with Crippen molar-refractivity contribution < 1.29 is 31.3 Å². The Morgan fingerprint density at radius 2 is 1.12 bits per heavy atom. The third kappa shape index (κ3) is 6.08. The highest BCUT2D eigenvalue weighted by molar-refractivity contribution is 8.33. The van der Waals surface area contributed by atoms with E-state index >= 15 is 0 Å². The normalized spacial score (nSPS) is 25.6. The fourth-order valence-corrected chi connectivity index (χ4v) is 10.4. The molecule has 1 N–H and O–H groups in total. The van der Waals surface area contributed by atoms with Crippen molar-refractivity contribution in [3.8, 4) is 0 Å². The molecule has 5 nitrogen and oxygen atoms in total. The van der Waals surface area contributed by atoms with E-state index in [0.29, 0.717) is 37.0 Å². The molecule has 0 spiro atoms. The van der Waals surface area contributed by atoms with Crippen LogP contribution in [0.1, 0.15) is 38.5 Å². The Morgan fingerprint density at radius 3 is 1.44 bits per heavy atom. The zero-order valence-corrected chi connectivity index (χ0v) is 24.6. The zero-order chi connectivity index (χ0) is 29.3. The molecule has 0 aromatic heterocycles. The van der Waals surface area contributed by atoms with E-state index in [1.165, 1.54) is 14.7 Å². The lowest BCUT2D eigenvalue weighted by molar-refractivity contribution is -0.176. The maximum atomic E-state index is 13.1. The van der Waals surface area contributed by atoms with Crippen molar-refractivity contribution in [2.75, 3.05) is 12.9 Å². The average Bonchev–Trinajstić information content (AvgIpc) is 2.96. The third-order valence-electron chi connectivity index (χ3n) is 8.86. The van der Waals surface area contributed by atoms with Gasteiger partial charge in [0.1, 0.15) is 0 Å². The summed E-state index contributed by atoms with van der Waals surface area (Å²) in [5, 5.41) is -4.45. The zero-order valence-electron chi connectivity index (χ0n) is 23.0. The lowest BCUT2D eigenvalue weighted by Gasteiger charge is -2.55. The fraction of sp³-hybridized carbons (Fsp3) is 0.406. The molecule has 3 aromatic carbocycles. The van der Waals surface area contributed by atoms with Crippen LogP contribution >= 0.6 is 10.0 Å². The number of ether oxygens (including phenoxy) is 1. The molecule has 0 unspecified atom stereocenters. The standard InChI is InChI=1S/C19H18S.C13H18F2O5S/c1-20(17-11-5-2-6-12-17,18-13-7-3-8-14-18)19-15-9-4-10-16-19;14-13(15,21(17,18)19)7-20-11(16)12-4-8-1-9(5-12)3-10(2-8)6-12/h2-16H,1H3;8-10H,1-7H2,(H,17,18,19). The van der Waals surface area contributed by atoms with Gasteiger partial charge in [0.15, 0.2) is 6.61 Å². The predicted octanol–water partition coefficient (Wildman–Crippen LogP) is 7.82. The molecule has 0 radical (unpaired) electrons. The summed E-state index contributed by atoms with van der Waals surface area (Å²) in [6.45, 7) is -1.62. The van der Waals surface area contributed by atoms with Gasteiger partial charge in [-0.15, -0.1) is 0 Å². The van der Waals surface area contributed by atoms with Crippen LogP contribution < -0.4 is 0 Å². The molecule has 9 heteroatoms. The van der Waals surface area contributed by atoms with Gasteiger partial charge in [-0.3, -0.25) is 9.35 Å². The van der Waals surface area contributed by atoms with Crippen LogP contribution in [0.2, 0.25) is 0 Å². The van der Waals surface area contributed by atoms with Crippen molar-refractivity contribution in [1.82, 2.24) is 0 Å². The predicted molar refractivity (Wildman–Crippen MR) is 156 cm³/mol. The van der Waals surface area contributed by atoms with E-state index in [-0.39, 0.29) is 0 Å². The molecule has 0 atom stereocenters. The second-order valence-electron chi connectivity index (χ2n) is 11.7. The number of carbonyl (C=O) groups excluding carboxylic acids is 1. The van der Waals surface area contributed by atoms with Crippen LogP contribution in [0.4, 0.5) is 8.78 Å². The van der Waals surface area contributed by atoms with Crippen LogP contribution in [0.5, 0.6) is 0 Å². The van der Waals surface area contributed by atoms with Crippen molar-refractivity contribution in [2.24, 2.45) is 23.2 Å². The first-order valence-electron chi connectivity index (χ1n) is 13.9. The van der Waals surface area contributed by atoms with Crippen LogP contribution in [-0.2, 0) is 19.6 Å². The van der Waals surface area contributed by atoms with Crippen molar-refractivity contribution in [2.45, 2.75) is 58.5 Å². The summed E-state index contributed by atoms with van der Waals surface area (Å²) in [7, 11) is -6.74. The van der Waals surface area contributed by atoms with E-state index in [4.69, 9.17) is 4.55 Å². The smallest absolute Gasteiger partial charge is 0.402 e. The van der Waals surface area contributed by atoms with Gasteiger partial charge < -0.3 is 4.74 Å². The van der Waals surface area contributed by atoms with Crippen LogP contribution in [0.3, 0.4) is 0 Å². The minimum atomic E-state index is -5.56. The van der Waals surface area contributed by atoms with E-state index < -0.39 is 43.4 Å². The SMILES string of the molecule is CS(c1ccccc1)(c1ccccc1)c1ccccc1.O=C(OCC(F)(F)S(=O)(=O)O)C12CC3CC(CC(C3)C1)C2. The number of carbonyl (C=O) groups is 1. The molecule has 41 heavy (non-hydrogen) atoms. The van der Waals surface area contributed by atoms with Gasteiger partial charge in [-0.05, 0) is 114 Å². The topological polar surface area (TPSA) is 80.7 Å². The number of hydrogen-bond acceptors (Lipinski definition) is 4. The van der Waals surface area contributed by atoms with Gasteiger partial charge in [0.25, 0.3) is 0 Å². The Kier molecular flexibility index (Phi) is 8.34. The molecule has 220 valence electrons. The Balaban J connectivity index is 0.000000165. The van der Waals surface area contributed by atoms with E-state index in [2.05, 4.69) is 102 Å². The largest absolute Gasteiger partial charge is 0.458 e. The number of esters is 1. The molecule has 4 fully saturated rings. The molecule has 4 saturated carbocycles. The molecular formula is C32H36F2O5S2. The van der Waals surface area contributed by atoms with Gasteiger partial charge in [0, 0.05) is 0 Å². The number of alkyl halides is 2. The minimum absolute atomic E-state index is 0.450. The molecule has 4 bridgehead atoms. The molecule has 0 heterocycles. The summed E-state index contributed by atoms with van der Waals surface area (Å²) in [4.78, 5) is 16.4. The summed E-state index contributed by atoms with van der Waals surface area (Å²) in [5.41, 5.74) is -0.718. The van der Waals surface area contributed by atoms with Gasteiger partial charge in [0.05, 0.1) is 5.41 Å². The second-order valence-corrected chi connectivity index (χ2v) is 16.5. The Morgan fingerprint density at radius 1 is 0.780 bits per heavy atom. The average molecular weight is 603 g/mol. The molecule has 4 aliphatic rings. The highest BCUT2D eigenvalue weighted by Crippen LogP contribution is 2.65. The van der Waals surface area contributed by atoms with E-state index in [9.17, 15) is 22.0 Å². The van der Waals surface area contributed by atoms with E-state index in [1.54, 1.807) is 0 Å². The first-order valence-corrected chi connectivity index (χ1v) is 17.4. The van der Waals surface area contributed by atoms with E-state index in [1.807, 2.05) is 0 Å². The van der Waals surface area contributed by atoms with Crippen molar-refractivity contribution in [1.29, 1.82) is 0 Å². The Hall–Kier alpha value is -2.75. The molecular weight excluding hydrogens is 566 g/mol. The van der Waals surface area contributed by atoms with Crippen LogP contribution in [0, 0.1) is 23.2 Å². The molecule has 4 aliphatic carbocycles. The van der Waals surface area contributed by atoms with Crippen LogP contribution in [0.15, 0.2) is 106 Å². The van der Waals surface area contributed by atoms with Gasteiger partial charge in [-0.1, -0.05) is 54.6 Å². The molecule has 0 amide bonds.